The van der Waals surface area contributed by atoms with Crippen molar-refractivity contribution in [2.24, 2.45) is 0 Å². The minimum atomic E-state index is -0.503. The lowest BCUT2D eigenvalue weighted by Gasteiger charge is -2.35. The van der Waals surface area contributed by atoms with Crippen molar-refractivity contribution in [1.29, 1.82) is 0 Å². The molecule has 2 heterocycles. The van der Waals surface area contributed by atoms with E-state index in [1.54, 1.807) is 17.2 Å². The molecule has 1 aromatic heterocycles. The van der Waals surface area contributed by atoms with Gasteiger partial charge >= 0.3 is 0 Å². The molecule has 126 valence electrons. The van der Waals surface area contributed by atoms with Crippen molar-refractivity contribution in [3.8, 4) is 0 Å². The molecule has 1 saturated heterocycles. The lowest BCUT2D eigenvalue weighted by molar-refractivity contribution is 0.0741. The normalized spacial score (nSPS) is 14.8. The fraction of sp³-hybridized carbons (Fsp3) is 0.353. The molecule has 3 rings (SSSR count). The summed E-state index contributed by atoms with van der Waals surface area (Å²) in [5.74, 6) is 0.0749. The smallest absolute Gasteiger partial charge is 0.256 e. The Hall–Kier alpha value is -2.02. The molecule has 1 aromatic carbocycles. The highest BCUT2D eigenvalue weighted by Crippen LogP contribution is 2.20. The first-order chi connectivity index (χ1) is 11.5. The van der Waals surface area contributed by atoms with E-state index in [1.165, 1.54) is 12.1 Å². The maximum absolute atomic E-state index is 14.0. The van der Waals surface area contributed by atoms with E-state index in [1.807, 2.05) is 13.8 Å². The van der Waals surface area contributed by atoms with E-state index in [9.17, 15) is 9.18 Å². The molecule has 2 aromatic rings. The second-order valence-corrected chi connectivity index (χ2v) is 6.74. The van der Waals surface area contributed by atoms with Crippen molar-refractivity contribution in [2.75, 3.05) is 31.1 Å². The summed E-state index contributed by atoms with van der Waals surface area (Å²) in [6.07, 6.45) is 1.75. The highest BCUT2D eigenvalue weighted by molar-refractivity contribution is 9.10. The number of hydrogen-bond acceptors (Lipinski definition) is 4. The zero-order valence-electron chi connectivity index (χ0n) is 13.6. The Morgan fingerprint density at radius 2 is 1.92 bits per heavy atom. The van der Waals surface area contributed by atoms with Gasteiger partial charge in [-0.1, -0.05) is 15.9 Å². The Kier molecular flexibility index (Phi) is 4.80. The zero-order valence-corrected chi connectivity index (χ0v) is 15.2. The first kappa shape index (κ1) is 16.8. The van der Waals surface area contributed by atoms with E-state index in [0.29, 0.717) is 30.7 Å². The lowest BCUT2D eigenvalue weighted by atomic mass is 10.1. The van der Waals surface area contributed by atoms with Crippen molar-refractivity contribution >= 4 is 27.7 Å². The van der Waals surface area contributed by atoms with Gasteiger partial charge in [0.2, 0.25) is 0 Å². The molecule has 0 bridgehead atoms. The number of nitrogens with zero attached hydrogens (tertiary/aromatic N) is 4. The van der Waals surface area contributed by atoms with Crippen LogP contribution >= 0.6 is 15.9 Å². The van der Waals surface area contributed by atoms with Crippen LogP contribution in [0.15, 0.2) is 28.9 Å². The van der Waals surface area contributed by atoms with Crippen LogP contribution in [0.1, 0.15) is 21.7 Å². The van der Waals surface area contributed by atoms with Gasteiger partial charge in [-0.3, -0.25) is 9.78 Å². The average Bonchev–Trinajstić information content (AvgIpc) is 2.54. The number of halogens is 2. The van der Waals surface area contributed by atoms with Crippen LogP contribution < -0.4 is 4.90 Å². The van der Waals surface area contributed by atoms with Gasteiger partial charge in [0.1, 0.15) is 11.6 Å². The van der Waals surface area contributed by atoms with Crippen LogP contribution in [-0.4, -0.2) is 47.0 Å². The topological polar surface area (TPSA) is 49.3 Å². The fourth-order valence-corrected chi connectivity index (χ4v) is 3.19. The van der Waals surface area contributed by atoms with E-state index in [-0.39, 0.29) is 11.5 Å². The fourth-order valence-electron chi connectivity index (χ4n) is 2.86. The summed E-state index contributed by atoms with van der Waals surface area (Å²) in [7, 11) is 0. The van der Waals surface area contributed by atoms with Crippen molar-refractivity contribution in [3.63, 3.8) is 0 Å². The largest absolute Gasteiger partial charge is 0.352 e. The standard InChI is InChI=1S/C17H18BrFN4O/c1-11-10-20-16(12(2)21-11)22-5-7-23(8-6-22)17(24)14-4-3-13(18)9-15(14)19/h3-4,9-10H,5-8H2,1-2H3. The number of aryl methyl sites for hydroxylation is 2. The van der Waals surface area contributed by atoms with Crippen molar-refractivity contribution in [1.82, 2.24) is 14.9 Å². The van der Waals surface area contributed by atoms with E-state index in [0.717, 1.165) is 17.2 Å². The van der Waals surface area contributed by atoms with Crippen LogP contribution in [0, 0.1) is 19.7 Å². The first-order valence-corrected chi connectivity index (χ1v) is 8.54. The molecule has 24 heavy (non-hydrogen) atoms. The lowest BCUT2D eigenvalue weighted by Crippen LogP contribution is -2.49. The summed E-state index contributed by atoms with van der Waals surface area (Å²) in [5, 5.41) is 0. The maximum atomic E-state index is 14.0. The van der Waals surface area contributed by atoms with Gasteiger partial charge in [-0.05, 0) is 32.0 Å². The van der Waals surface area contributed by atoms with Crippen LogP contribution in [0.3, 0.4) is 0 Å². The average molecular weight is 393 g/mol. The third-order valence-corrected chi connectivity index (χ3v) is 4.56. The highest BCUT2D eigenvalue weighted by Gasteiger charge is 2.25. The van der Waals surface area contributed by atoms with Crippen LogP contribution in [0.25, 0.3) is 0 Å². The number of rotatable bonds is 2. The van der Waals surface area contributed by atoms with E-state index < -0.39 is 5.82 Å². The number of amides is 1. The number of piperazine rings is 1. The van der Waals surface area contributed by atoms with Gasteiger partial charge in [0.15, 0.2) is 0 Å². The second-order valence-electron chi connectivity index (χ2n) is 5.82. The van der Waals surface area contributed by atoms with Gasteiger partial charge in [-0.15, -0.1) is 0 Å². The molecular formula is C17H18BrFN4O. The van der Waals surface area contributed by atoms with Gasteiger partial charge in [0.05, 0.1) is 23.1 Å². The molecule has 1 amide bonds. The zero-order chi connectivity index (χ0) is 17.3. The molecule has 1 aliphatic rings. The van der Waals surface area contributed by atoms with Crippen molar-refractivity contribution in [3.05, 3.63) is 51.6 Å². The van der Waals surface area contributed by atoms with Gasteiger partial charge < -0.3 is 9.80 Å². The van der Waals surface area contributed by atoms with Gasteiger partial charge in [-0.2, -0.15) is 0 Å². The molecule has 5 nitrogen and oxygen atoms in total. The minimum absolute atomic E-state index is 0.109. The van der Waals surface area contributed by atoms with Gasteiger partial charge in [0, 0.05) is 30.7 Å². The second kappa shape index (κ2) is 6.84. The Morgan fingerprint density at radius 1 is 1.21 bits per heavy atom. The summed E-state index contributed by atoms with van der Waals surface area (Å²) < 4.78 is 14.6. The minimum Gasteiger partial charge on any atom is -0.352 e. The summed E-state index contributed by atoms with van der Waals surface area (Å²) in [6.45, 7) is 6.22. The summed E-state index contributed by atoms with van der Waals surface area (Å²) in [4.78, 5) is 25.2. The van der Waals surface area contributed by atoms with Crippen molar-refractivity contribution in [2.45, 2.75) is 13.8 Å². The molecule has 0 radical (unpaired) electrons. The maximum Gasteiger partial charge on any atom is 0.256 e. The van der Waals surface area contributed by atoms with E-state index in [2.05, 4.69) is 30.8 Å². The van der Waals surface area contributed by atoms with Crippen molar-refractivity contribution < 1.29 is 9.18 Å². The molecule has 7 heteroatoms. The first-order valence-electron chi connectivity index (χ1n) is 7.75. The van der Waals surface area contributed by atoms with E-state index in [4.69, 9.17) is 0 Å². The number of anilines is 1. The molecule has 0 atom stereocenters. The molecule has 1 fully saturated rings. The molecule has 0 aliphatic carbocycles. The highest BCUT2D eigenvalue weighted by atomic mass is 79.9. The number of hydrogen-bond donors (Lipinski definition) is 0. The quantitative estimate of drug-likeness (QED) is 0.788. The molecule has 1 aliphatic heterocycles. The SMILES string of the molecule is Cc1cnc(N2CCN(C(=O)c3ccc(Br)cc3F)CC2)c(C)n1. The predicted octanol–water partition coefficient (Wildman–Crippen LogP) is 2.96. The summed E-state index contributed by atoms with van der Waals surface area (Å²) in [5.41, 5.74) is 1.88. The molecular weight excluding hydrogens is 375 g/mol. The Morgan fingerprint density at radius 3 is 2.54 bits per heavy atom. The molecule has 0 spiro atoms. The number of carbonyl (C=O) groups is 1. The monoisotopic (exact) mass is 392 g/mol. The van der Waals surface area contributed by atoms with Gasteiger partial charge in [0.25, 0.3) is 5.91 Å². The molecule has 0 unspecified atom stereocenters. The Bertz CT molecular complexity index is 775. The summed E-state index contributed by atoms with van der Waals surface area (Å²) >= 11 is 3.20. The van der Waals surface area contributed by atoms with Crippen LogP contribution in [-0.2, 0) is 0 Å². The number of carbonyl (C=O) groups excluding carboxylic acids is 1. The Balaban J connectivity index is 1.69. The van der Waals surface area contributed by atoms with Crippen LogP contribution in [0.2, 0.25) is 0 Å². The van der Waals surface area contributed by atoms with Crippen LogP contribution in [0.5, 0.6) is 0 Å². The molecule has 0 saturated carbocycles. The van der Waals surface area contributed by atoms with Gasteiger partial charge in [-0.25, -0.2) is 9.37 Å². The number of benzene rings is 1. The third kappa shape index (κ3) is 3.40. The predicted molar refractivity (Wildman–Crippen MR) is 93.7 cm³/mol. The van der Waals surface area contributed by atoms with E-state index >= 15 is 0 Å². The third-order valence-electron chi connectivity index (χ3n) is 4.07. The number of aromatic nitrogens is 2. The van der Waals surface area contributed by atoms with Crippen LogP contribution in [0.4, 0.5) is 10.2 Å². The molecule has 0 N–H and O–H groups in total. The Labute approximate surface area is 148 Å². The summed E-state index contributed by atoms with van der Waals surface area (Å²) in [6, 6.07) is 4.51.